The van der Waals surface area contributed by atoms with Gasteiger partial charge in [0.15, 0.2) is 0 Å². The molecule has 0 unspecified atom stereocenters. The number of aromatic carboxylic acids is 1. The third-order valence-corrected chi connectivity index (χ3v) is 5.45. The molecule has 0 bridgehead atoms. The topological polar surface area (TPSA) is 54.3 Å². The van der Waals surface area contributed by atoms with E-state index >= 15 is 0 Å². The molecule has 152 valence electrons. The first-order valence-electron chi connectivity index (χ1n) is 9.91. The van der Waals surface area contributed by atoms with Crippen molar-refractivity contribution in [2.45, 2.75) is 26.1 Å². The van der Waals surface area contributed by atoms with Gasteiger partial charge in [-0.2, -0.15) is 0 Å². The minimum absolute atomic E-state index is 0.0570. The van der Waals surface area contributed by atoms with E-state index in [1.807, 2.05) is 61.5 Å². The summed E-state index contributed by atoms with van der Waals surface area (Å²) in [6, 6.07) is 24.1. The molecule has 1 heterocycles. The van der Waals surface area contributed by atoms with E-state index in [1.165, 1.54) is 6.07 Å². The molecule has 0 aliphatic heterocycles. The molecule has 4 nitrogen and oxygen atoms in total. The monoisotopic (exact) mass is 402 g/mol. The van der Waals surface area contributed by atoms with Crippen molar-refractivity contribution in [2.24, 2.45) is 0 Å². The lowest BCUT2D eigenvalue weighted by Gasteiger charge is -2.15. The molecular formula is C25H23FN2O2. The Kier molecular flexibility index (Phi) is 5.63. The fourth-order valence-electron chi connectivity index (χ4n) is 3.87. The molecule has 4 rings (SSSR count). The molecule has 0 spiro atoms. The number of carbonyl (C=O) groups is 1. The molecule has 4 aromatic rings. The van der Waals surface area contributed by atoms with Crippen molar-refractivity contribution >= 4 is 16.9 Å². The Morgan fingerprint density at radius 2 is 1.67 bits per heavy atom. The Hall–Kier alpha value is -3.44. The number of rotatable bonds is 7. The summed E-state index contributed by atoms with van der Waals surface area (Å²) in [4.78, 5) is 12.3. The van der Waals surface area contributed by atoms with E-state index in [2.05, 4.69) is 5.32 Å². The Morgan fingerprint density at radius 3 is 2.40 bits per heavy atom. The maximum absolute atomic E-state index is 14.3. The minimum Gasteiger partial charge on any atom is -0.477 e. The van der Waals surface area contributed by atoms with Gasteiger partial charge in [-0.1, -0.05) is 66.7 Å². The molecule has 0 aliphatic carbocycles. The van der Waals surface area contributed by atoms with Crippen LogP contribution in [0.4, 0.5) is 4.39 Å². The van der Waals surface area contributed by atoms with Crippen LogP contribution >= 0.6 is 0 Å². The van der Waals surface area contributed by atoms with E-state index in [9.17, 15) is 14.3 Å². The number of nitrogens with one attached hydrogen (secondary N) is 1. The first-order chi connectivity index (χ1) is 14.6. The Labute approximate surface area is 174 Å². The molecule has 0 fully saturated rings. The SMILES string of the molecule is C[C@@H](NCc1c(C(=O)O)n(Cc2ccccc2F)c2ccccc12)c1ccccc1. The molecule has 1 atom stereocenters. The van der Waals surface area contributed by atoms with Crippen LogP contribution in [0, 0.1) is 5.82 Å². The van der Waals surface area contributed by atoms with Crippen LogP contribution in [0.2, 0.25) is 0 Å². The average molecular weight is 402 g/mol. The third-order valence-electron chi connectivity index (χ3n) is 5.45. The zero-order chi connectivity index (χ0) is 21.1. The highest BCUT2D eigenvalue weighted by Crippen LogP contribution is 2.28. The Morgan fingerprint density at radius 1 is 1.00 bits per heavy atom. The van der Waals surface area contributed by atoms with E-state index in [4.69, 9.17) is 0 Å². The molecule has 0 aliphatic rings. The van der Waals surface area contributed by atoms with Gasteiger partial charge in [-0.05, 0) is 24.6 Å². The standard InChI is InChI=1S/C25H23FN2O2/c1-17(18-9-3-2-4-10-18)27-15-21-20-12-6-8-14-23(20)28(24(21)25(29)30)16-19-11-5-7-13-22(19)26/h2-14,17,27H,15-16H2,1H3,(H,29,30)/t17-/m1/s1. The summed E-state index contributed by atoms with van der Waals surface area (Å²) in [5.41, 5.74) is 3.26. The summed E-state index contributed by atoms with van der Waals surface area (Å²) in [5, 5.41) is 14.3. The third kappa shape index (κ3) is 3.84. The van der Waals surface area contributed by atoms with Crippen LogP contribution < -0.4 is 5.32 Å². The van der Waals surface area contributed by atoms with Crippen molar-refractivity contribution in [3.05, 3.63) is 107 Å². The van der Waals surface area contributed by atoms with Gasteiger partial charge in [0.25, 0.3) is 0 Å². The number of halogens is 1. The van der Waals surface area contributed by atoms with Gasteiger partial charge in [0.1, 0.15) is 11.5 Å². The number of benzene rings is 3. The van der Waals surface area contributed by atoms with Crippen molar-refractivity contribution in [3.63, 3.8) is 0 Å². The lowest BCUT2D eigenvalue weighted by molar-refractivity contribution is 0.0684. The molecule has 0 saturated carbocycles. The van der Waals surface area contributed by atoms with E-state index < -0.39 is 5.97 Å². The second kappa shape index (κ2) is 8.51. The lowest BCUT2D eigenvalue weighted by atomic mass is 10.1. The van der Waals surface area contributed by atoms with Crippen LogP contribution in [0.1, 0.15) is 40.1 Å². The lowest BCUT2D eigenvalue weighted by Crippen LogP contribution is -2.20. The van der Waals surface area contributed by atoms with E-state index in [0.717, 1.165) is 16.5 Å². The summed E-state index contributed by atoms with van der Waals surface area (Å²) in [6.07, 6.45) is 0. The number of para-hydroxylation sites is 1. The first-order valence-corrected chi connectivity index (χ1v) is 9.91. The van der Waals surface area contributed by atoms with Gasteiger partial charge in [0.05, 0.1) is 6.54 Å². The van der Waals surface area contributed by atoms with Gasteiger partial charge in [-0.15, -0.1) is 0 Å². The van der Waals surface area contributed by atoms with Crippen LogP contribution in [0.25, 0.3) is 10.9 Å². The normalized spacial score (nSPS) is 12.2. The van der Waals surface area contributed by atoms with Crippen molar-refractivity contribution < 1.29 is 14.3 Å². The predicted molar refractivity (Wildman–Crippen MR) is 116 cm³/mol. The van der Waals surface area contributed by atoms with Gasteiger partial charge in [-0.3, -0.25) is 0 Å². The fraction of sp³-hybridized carbons (Fsp3) is 0.160. The van der Waals surface area contributed by atoms with Crippen LogP contribution in [0.5, 0.6) is 0 Å². The fourth-order valence-corrected chi connectivity index (χ4v) is 3.87. The molecule has 3 aromatic carbocycles. The van der Waals surface area contributed by atoms with Crippen molar-refractivity contribution in [2.75, 3.05) is 0 Å². The molecule has 0 amide bonds. The van der Waals surface area contributed by atoms with Crippen molar-refractivity contribution in [1.29, 1.82) is 0 Å². The number of carboxylic acids is 1. The highest BCUT2D eigenvalue weighted by molar-refractivity contribution is 5.98. The van der Waals surface area contributed by atoms with E-state index in [-0.39, 0.29) is 24.1 Å². The highest BCUT2D eigenvalue weighted by Gasteiger charge is 2.23. The zero-order valence-electron chi connectivity index (χ0n) is 16.7. The molecule has 30 heavy (non-hydrogen) atoms. The zero-order valence-corrected chi connectivity index (χ0v) is 16.7. The Bertz CT molecular complexity index is 1180. The number of hydrogen-bond acceptors (Lipinski definition) is 2. The maximum atomic E-state index is 14.3. The van der Waals surface area contributed by atoms with E-state index in [1.54, 1.807) is 22.8 Å². The second-order valence-corrected chi connectivity index (χ2v) is 7.34. The molecular weight excluding hydrogens is 379 g/mol. The largest absolute Gasteiger partial charge is 0.477 e. The Balaban J connectivity index is 1.75. The summed E-state index contributed by atoms with van der Waals surface area (Å²) in [5.74, 6) is -1.37. The molecule has 0 radical (unpaired) electrons. The summed E-state index contributed by atoms with van der Waals surface area (Å²) in [7, 11) is 0. The number of aromatic nitrogens is 1. The minimum atomic E-state index is -1.02. The summed E-state index contributed by atoms with van der Waals surface area (Å²) >= 11 is 0. The molecule has 5 heteroatoms. The second-order valence-electron chi connectivity index (χ2n) is 7.34. The number of nitrogens with zero attached hydrogens (tertiary/aromatic N) is 1. The van der Waals surface area contributed by atoms with Gasteiger partial charge >= 0.3 is 5.97 Å². The van der Waals surface area contributed by atoms with Gasteiger partial charge in [0.2, 0.25) is 0 Å². The smallest absolute Gasteiger partial charge is 0.352 e. The molecule has 2 N–H and O–H groups in total. The first kappa shape index (κ1) is 19.9. The number of carboxylic acid groups (broad SMARTS) is 1. The van der Waals surface area contributed by atoms with Gasteiger partial charge in [0, 0.05) is 34.6 Å². The van der Waals surface area contributed by atoms with Crippen LogP contribution in [0.15, 0.2) is 78.9 Å². The summed E-state index contributed by atoms with van der Waals surface area (Å²) < 4.78 is 16.0. The predicted octanol–water partition coefficient (Wildman–Crippen LogP) is 5.38. The quantitative estimate of drug-likeness (QED) is 0.436. The number of hydrogen-bond donors (Lipinski definition) is 2. The van der Waals surface area contributed by atoms with Gasteiger partial charge < -0.3 is 15.0 Å². The van der Waals surface area contributed by atoms with Crippen molar-refractivity contribution in [3.8, 4) is 0 Å². The van der Waals surface area contributed by atoms with Crippen LogP contribution in [-0.2, 0) is 13.1 Å². The average Bonchev–Trinajstić information content (AvgIpc) is 3.08. The number of fused-ring (bicyclic) bond motifs is 1. The molecule has 0 saturated heterocycles. The van der Waals surface area contributed by atoms with Crippen LogP contribution in [-0.4, -0.2) is 15.6 Å². The highest BCUT2D eigenvalue weighted by atomic mass is 19.1. The molecule has 1 aromatic heterocycles. The van der Waals surface area contributed by atoms with Crippen LogP contribution in [0.3, 0.4) is 0 Å². The maximum Gasteiger partial charge on any atom is 0.352 e. The van der Waals surface area contributed by atoms with Gasteiger partial charge in [-0.25, -0.2) is 9.18 Å². The van der Waals surface area contributed by atoms with Crippen molar-refractivity contribution in [1.82, 2.24) is 9.88 Å². The van der Waals surface area contributed by atoms with E-state index in [0.29, 0.717) is 17.7 Å². The summed E-state index contributed by atoms with van der Waals surface area (Å²) in [6.45, 7) is 2.60.